The first kappa shape index (κ1) is 31.4. The van der Waals surface area contributed by atoms with Crippen molar-refractivity contribution < 1.29 is 68.5 Å². The van der Waals surface area contributed by atoms with Crippen LogP contribution in [-0.2, 0) is 27.9 Å². The summed E-state index contributed by atoms with van der Waals surface area (Å²) in [5.41, 5.74) is 4.48. The second-order valence-corrected chi connectivity index (χ2v) is 10.3. The average molecular weight is 586 g/mol. The van der Waals surface area contributed by atoms with E-state index in [1.165, 1.54) is 13.1 Å². The predicted octanol–water partition coefficient (Wildman–Crippen LogP) is -5.19. The van der Waals surface area contributed by atoms with E-state index in [2.05, 4.69) is 10.3 Å². The average Bonchev–Trinajstić information content (AvgIpc) is 3.14. The molecular formula is C19H31N4O15P. The topological polar surface area (TPSA) is 306 Å². The lowest BCUT2D eigenvalue weighted by Crippen LogP contribution is -2.66. The van der Waals surface area contributed by atoms with Crippen LogP contribution in [0.3, 0.4) is 0 Å². The van der Waals surface area contributed by atoms with Crippen LogP contribution in [0.2, 0.25) is 0 Å². The lowest BCUT2D eigenvalue weighted by atomic mass is 9.89. The summed E-state index contributed by atoms with van der Waals surface area (Å²) in [6, 6.07) is 0.0124. The van der Waals surface area contributed by atoms with Crippen LogP contribution in [0, 0.1) is 0 Å². The molecule has 2 fully saturated rings. The Morgan fingerprint density at radius 1 is 1.36 bits per heavy atom. The Hall–Kier alpha value is -2.10. The van der Waals surface area contributed by atoms with Crippen LogP contribution in [-0.4, -0.2) is 131 Å². The Bertz CT molecular complexity index is 1120. The SMILES string of the molecule is CNC1C(O)CC(OP(=O)(O)OCC2OC(n3ccc(N)nc3=O)C(O)C2O)(C(=O)O)OC1C(O)C(O)CO. The first-order valence-electron chi connectivity index (χ1n) is 11.4. The molecule has 20 heteroatoms. The number of ether oxygens (including phenoxy) is 2. The largest absolute Gasteiger partial charge is 0.477 e. The highest BCUT2D eigenvalue weighted by Gasteiger charge is 2.58. The fourth-order valence-electron chi connectivity index (χ4n) is 4.26. The van der Waals surface area contributed by atoms with Crippen LogP contribution in [0.15, 0.2) is 17.1 Å². The summed E-state index contributed by atoms with van der Waals surface area (Å²) in [4.78, 5) is 37.9. The van der Waals surface area contributed by atoms with E-state index < -0.39 is 99.9 Å². The number of hydrogen-bond donors (Lipinski definition) is 10. The monoisotopic (exact) mass is 586 g/mol. The van der Waals surface area contributed by atoms with Gasteiger partial charge in [0.05, 0.1) is 25.4 Å². The van der Waals surface area contributed by atoms with E-state index >= 15 is 0 Å². The molecule has 0 saturated carbocycles. The van der Waals surface area contributed by atoms with Crippen LogP contribution in [0.1, 0.15) is 12.6 Å². The summed E-state index contributed by atoms with van der Waals surface area (Å²) in [6.07, 6.45) is -13.6. The van der Waals surface area contributed by atoms with Crippen molar-refractivity contribution in [2.75, 3.05) is 26.0 Å². The van der Waals surface area contributed by atoms with E-state index in [0.717, 1.165) is 10.8 Å². The number of aliphatic hydroxyl groups excluding tert-OH is 6. The Balaban J connectivity index is 1.76. The highest BCUT2D eigenvalue weighted by atomic mass is 31.2. The number of anilines is 1. The number of nitrogens with zero attached hydrogens (tertiary/aromatic N) is 2. The molecule has 11 unspecified atom stereocenters. The molecule has 0 bridgehead atoms. The third-order valence-corrected chi connectivity index (χ3v) is 7.28. The van der Waals surface area contributed by atoms with Gasteiger partial charge in [-0.05, 0) is 13.1 Å². The Morgan fingerprint density at radius 3 is 2.59 bits per heavy atom. The number of nitrogen functional groups attached to an aromatic ring is 1. The number of phosphoric acid groups is 1. The first-order chi connectivity index (χ1) is 18.2. The van der Waals surface area contributed by atoms with Crippen LogP contribution in [0.25, 0.3) is 0 Å². The third kappa shape index (κ3) is 6.63. The van der Waals surface area contributed by atoms with Crippen molar-refractivity contribution in [3.8, 4) is 0 Å². The predicted molar refractivity (Wildman–Crippen MR) is 124 cm³/mol. The summed E-state index contributed by atoms with van der Waals surface area (Å²) < 4.78 is 33.8. The number of carboxylic acid groups (broad SMARTS) is 1. The number of phosphoric ester groups is 1. The number of rotatable bonds is 11. The van der Waals surface area contributed by atoms with Gasteiger partial charge in [0.25, 0.3) is 5.79 Å². The maximum Gasteiger partial charge on any atom is 0.475 e. The summed E-state index contributed by atoms with van der Waals surface area (Å²) >= 11 is 0. The molecule has 2 saturated heterocycles. The summed E-state index contributed by atoms with van der Waals surface area (Å²) in [7, 11) is -4.11. The van der Waals surface area contributed by atoms with Gasteiger partial charge in [0, 0.05) is 12.6 Å². The molecular weight excluding hydrogens is 555 g/mol. The number of nitrogens with two attached hydrogens (primary N) is 1. The van der Waals surface area contributed by atoms with Gasteiger partial charge < -0.3 is 61.2 Å². The standard InChI is InChI=1S/C19H31N4O15P/c1-21-11-7(25)4-19(17(30)31,37-15(11)12(27)8(26)5-24)38-39(33,34)35-6-9-13(28)14(29)16(36-9)23-3-2-10(20)22-18(23)32/h2-3,7-9,11-16,21,24-29H,4-6H2,1H3,(H,30,31)(H,33,34)(H2,20,22,32). The molecule has 0 radical (unpaired) electrons. The van der Waals surface area contributed by atoms with Gasteiger partial charge >= 0.3 is 19.5 Å². The quantitative estimate of drug-likeness (QED) is 0.108. The minimum absolute atomic E-state index is 0.119. The minimum Gasteiger partial charge on any atom is -0.477 e. The fraction of sp³-hybridized carbons (Fsp3) is 0.737. The van der Waals surface area contributed by atoms with Crippen molar-refractivity contribution in [3.63, 3.8) is 0 Å². The maximum absolute atomic E-state index is 12.7. The normalized spacial score (nSPS) is 36.3. The molecule has 0 amide bonds. The maximum atomic E-state index is 12.7. The number of carboxylic acids is 1. The highest BCUT2D eigenvalue weighted by Crippen LogP contribution is 2.51. The zero-order valence-electron chi connectivity index (χ0n) is 20.3. The third-order valence-electron chi connectivity index (χ3n) is 6.28. The summed E-state index contributed by atoms with van der Waals surface area (Å²) in [5, 5.41) is 72.7. The molecule has 3 rings (SSSR count). The van der Waals surface area contributed by atoms with Gasteiger partial charge in [-0.2, -0.15) is 4.98 Å². The van der Waals surface area contributed by atoms with E-state index in [-0.39, 0.29) is 5.82 Å². The summed E-state index contributed by atoms with van der Waals surface area (Å²) in [6.45, 7) is -1.93. The van der Waals surface area contributed by atoms with Gasteiger partial charge in [0.2, 0.25) is 0 Å². The molecule has 2 aliphatic heterocycles. The minimum atomic E-state index is -5.43. The van der Waals surface area contributed by atoms with Crippen molar-refractivity contribution in [2.45, 2.75) is 67.2 Å². The molecule has 2 aliphatic rings. The van der Waals surface area contributed by atoms with E-state index in [4.69, 9.17) is 29.4 Å². The van der Waals surface area contributed by atoms with E-state index in [0.29, 0.717) is 0 Å². The number of carbonyl (C=O) groups is 1. The lowest BCUT2D eigenvalue weighted by molar-refractivity contribution is -0.289. The molecule has 3 heterocycles. The highest BCUT2D eigenvalue weighted by molar-refractivity contribution is 7.47. The van der Waals surface area contributed by atoms with Gasteiger partial charge in [0.1, 0.15) is 42.4 Å². The van der Waals surface area contributed by atoms with Gasteiger partial charge in [-0.15, -0.1) is 0 Å². The number of hydrogen-bond acceptors (Lipinski definition) is 16. The number of aliphatic hydroxyl groups is 6. The molecule has 39 heavy (non-hydrogen) atoms. The Morgan fingerprint density at radius 2 is 2.03 bits per heavy atom. The van der Waals surface area contributed by atoms with E-state index in [9.17, 15) is 49.7 Å². The second kappa shape index (κ2) is 12.2. The molecule has 1 aromatic rings. The van der Waals surface area contributed by atoms with Crippen molar-refractivity contribution >= 4 is 19.6 Å². The molecule has 1 aromatic heterocycles. The zero-order chi connectivity index (χ0) is 29.3. The van der Waals surface area contributed by atoms with Gasteiger partial charge in [-0.1, -0.05) is 0 Å². The van der Waals surface area contributed by atoms with Crippen LogP contribution in [0.4, 0.5) is 5.82 Å². The van der Waals surface area contributed by atoms with Gasteiger partial charge in [0.15, 0.2) is 6.23 Å². The number of likely N-dealkylation sites (N-methyl/N-ethyl adjacent to an activating group) is 1. The lowest BCUT2D eigenvalue weighted by Gasteiger charge is -2.46. The van der Waals surface area contributed by atoms with Crippen molar-refractivity contribution in [2.24, 2.45) is 0 Å². The molecule has 222 valence electrons. The fourth-order valence-corrected chi connectivity index (χ4v) is 5.22. The summed E-state index contributed by atoms with van der Waals surface area (Å²) in [5.74, 6) is -5.21. The Kier molecular flexibility index (Phi) is 9.82. The van der Waals surface area contributed by atoms with E-state index in [1.54, 1.807) is 0 Å². The number of aliphatic carboxylic acids is 1. The smallest absolute Gasteiger partial charge is 0.475 e. The zero-order valence-corrected chi connectivity index (χ0v) is 21.2. The molecule has 0 aliphatic carbocycles. The molecule has 19 nitrogen and oxygen atoms in total. The van der Waals surface area contributed by atoms with Crippen LogP contribution >= 0.6 is 7.82 Å². The van der Waals surface area contributed by atoms with Crippen LogP contribution in [0.5, 0.6) is 0 Å². The Labute approximate surface area is 219 Å². The molecule has 11 N–H and O–H groups in total. The van der Waals surface area contributed by atoms with E-state index in [1.807, 2.05) is 0 Å². The number of aromatic nitrogens is 2. The van der Waals surface area contributed by atoms with Gasteiger partial charge in [-0.3, -0.25) is 9.09 Å². The van der Waals surface area contributed by atoms with Crippen molar-refractivity contribution in [1.82, 2.24) is 14.9 Å². The molecule has 0 spiro atoms. The molecule has 11 atom stereocenters. The van der Waals surface area contributed by atoms with Gasteiger partial charge in [-0.25, -0.2) is 18.7 Å². The number of nitrogens with one attached hydrogen (secondary N) is 1. The van der Waals surface area contributed by atoms with Crippen molar-refractivity contribution in [3.05, 3.63) is 22.7 Å². The first-order valence-corrected chi connectivity index (χ1v) is 12.9. The van der Waals surface area contributed by atoms with Crippen LogP contribution < -0.4 is 16.7 Å². The van der Waals surface area contributed by atoms with Crippen molar-refractivity contribution in [1.29, 1.82) is 0 Å². The second-order valence-electron chi connectivity index (χ2n) is 8.91. The molecule has 0 aromatic carbocycles.